The highest BCUT2D eigenvalue weighted by Crippen LogP contribution is 2.13. The van der Waals surface area contributed by atoms with Gasteiger partial charge in [0, 0.05) is 19.8 Å². The van der Waals surface area contributed by atoms with Gasteiger partial charge in [0.05, 0.1) is 12.7 Å². The fourth-order valence-corrected chi connectivity index (χ4v) is 5.01. The van der Waals surface area contributed by atoms with E-state index in [1.54, 1.807) is 0 Å². The molecule has 0 spiro atoms. The number of hydrogen-bond donors (Lipinski definition) is 2. The Morgan fingerprint density at radius 2 is 0.947 bits per heavy atom. The first-order chi connectivity index (χ1) is 18.7. The first-order valence-corrected chi connectivity index (χ1v) is 16.9. The van der Waals surface area contributed by atoms with Gasteiger partial charge in [0.1, 0.15) is 0 Å². The Bertz CT molecular complexity index is 460. The fraction of sp³-hybridized carbons (Fsp3) is 0.970. The molecule has 0 rings (SSSR count). The molecule has 38 heavy (non-hydrogen) atoms. The number of unbranched alkanes of at least 4 members (excludes halogenated alkanes) is 22. The van der Waals surface area contributed by atoms with Crippen LogP contribution < -0.4 is 5.32 Å². The lowest BCUT2D eigenvalue weighted by atomic mass is 10.1. The van der Waals surface area contributed by atoms with Gasteiger partial charge in [0.15, 0.2) is 0 Å². The molecule has 1 unspecified atom stereocenters. The molecule has 0 aliphatic rings. The van der Waals surface area contributed by atoms with E-state index in [1.165, 1.54) is 141 Å². The molecule has 0 aliphatic carbocycles. The SMILES string of the molecule is CCCCCCCCCCCCCCOCC(CCNC(=O)O)OCCCCCCCCCCCCCC. The Morgan fingerprint density at radius 3 is 1.34 bits per heavy atom. The van der Waals surface area contributed by atoms with Crippen molar-refractivity contribution >= 4 is 6.09 Å². The molecule has 1 amide bonds. The largest absolute Gasteiger partial charge is 0.465 e. The summed E-state index contributed by atoms with van der Waals surface area (Å²) in [5, 5.41) is 11.3. The third-order valence-corrected chi connectivity index (χ3v) is 7.54. The third kappa shape index (κ3) is 31.4. The van der Waals surface area contributed by atoms with E-state index in [1.807, 2.05) is 0 Å². The maximum absolute atomic E-state index is 10.8. The van der Waals surface area contributed by atoms with E-state index in [2.05, 4.69) is 19.2 Å². The topological polar surface area (TPSA) is 67.8 Å². The predicted octanol–water partition coefficient (Wildman–Crippen LogP) is 10.4. The number of nitrogens with one attached hydrogen (secondary N) is 1. The van der Waals surface area contributed by atoms with Crippen LogP contribution in [0.15, 0.2) is 0 Å². The molecule has 0 aromatic carbocycles. The molecule has 0 saturated heterocycles. The molecule has 5 heteroatoms. The predicted molar refractivity (Wildman–Crippen MR) is 163 cm³/mol. The lowest BCUT2D eigenvalue weighted by Crippen LogP contribution is -2.29. The highest BCUT2D eigenvalue weighted by atomic mass is 16.5. The van der Waals surface area contributed by atoms with E-state index >= 15 is 0 Å². The molecule has 0 fully saturated rings. The van der Waals surface area contributed by atoms with Gasteiger partial charge in [0.2, 0.25) is 0 Å². The number of carbonyl (C=O) groups is 1. The summed E-state index contributed by atoms with van der Waals surface area (Å²) in [6.45, 7) is 7.06. The summed E-state index contributed by atoms with van der Waals surface area (Å²) in [6.07, 6.45) is 31.9. The number of carboxylic acid groups (broad SMARTS) is 1. The van der Waals surface area contributed by atoms with Crippen LogP contribution in [0.25, 0.3) is 0 Å². The van der Waals surface area contributed by atoms with Crippen molar-refractivity contribution in [3.8, 4) is 0 Å². The van der Waals surface area contributed by atoms with E-state index in [9.17, 15) is 4.79 Å². The van der Waals surface area contributed by atoms with Crippen molar-refractivity contribution in [3.05, 3.63) is 0 Å². The number of hydrogen-bond acceptors (Lipinski definition) is 3. The molecule has 0 aromatic heterocycles. The van der Waals surface area contributed by atoms with Crippen LogP contribution in [0.1, 0.15) is 174 Å². The van der Waals surface area contributed by atoms with Crippen LogP contribution in [0.4, 0.5) is 4.79 Å². The summed E-state index contributed by atoms with van der Waals surface area (Å²) in [7, 11) is 0. The van der Waals surface area contributed by atoms with E-state index in [0.717, 1.165) is 26.1 Å². The molecule has 0 heterocycles. The van der Waals surface area contributed by atoms with Crippen LogP contribution in [0, 0.1) is 0 Å². The van der Waals surface area contributed by atoms with Crippen molar-refractivity contribution < 1.29 is 19.4 Å². The van der Waals surface area contributed by atoms with Crippen LogP contribution in [-0.4, -0.2) is 43.7 Å². The van der Waals surface area contributed by atoms with Gasteiger partial charge in [-0.2, -0.15) is 0 Å². The minimum absolute atomic E-state index is 0.0214. The molecular formula is C33H67NO4. The molecule has 0 aliphatic heterocycles. The zero-order valence-electron chi connectivity index (χ0n) is 25.8. The lowest BCUT2D eigenvalue weighted by Gasteiger charge is -2.18. The van der Waals surface area contributed by atoms with Crippen LogP contribution in [0.5, 0.6) is 0 Å². The maximum Gasteiger partial charge on any atom is 0.404 e. The monoisotopic (exact) mass is 542 g/mol. The molecule has 5 nitrogen and oxygen atoms in total. The lowest BCUT2D eigenvalue weighted by molar-refractivity contribution is -0.0219. The molecule has 0 radical (unpaired) electrons. The van der Waals surface area contributed by atoms with E-state index in [-0.39, 0.29) is 6.10 Å². The van der Waals surface area contributed by atoms with Gasteiger partial charge >= 0.3 is 6.09 Å². The quantitative estimate of drug-likeness (QED) is 0.0831. The molecule has 1 atom stereocenters. The summed E-state index contributed by atoms with van der Waals surface area (Å²) >= 11 is 0. The van der Waals surface area contributed by atoms with E-state index < -0.39 is 6.09 Å². The van der Waals surface area contributed by atoms with Crippen molar-refractivity contribution in [3.63, 3.8) is 0 Å². The maximum atomic E-state index is 10.8. The van der Waals surface area contributed by atoms with Gasteiger partial charge in [-0.05, 0) is 19.3 Å². The summed E-state index contributed by atoms with van der Waals surface area (Å²) in [6, 6.07) is 0. The first-order valence-electron chi connectivity index (χ1n) is 16.9. The molecular weight excluding hydrogens is 474 g/mol. The molecule has 228 valence electrons. The Balaban J connectivity index is 3.65. The van der Waals surface area contributed by atoms with Crippen LogP contribution in [-0.2, 0) is 9.47 Å². The second-order valence-corrected chi connectivity index (χ2v) is 11.4. The molecule has 0 aromatic rings. The van der Waals surface area contributed by atoms with Crippen LogP contribution >= 0.6 is 0 Å². The Morgan fingerprint density at radius 1 is 0.579 bits per heavy atom. The number of rotatable bonds is 32. The Hall–Kier alpha value is -0.810. The summed E-state index contributed by atoms with van der Waals surface area (Å²) in [5.74, 6) is 0. The van der Waals surface area contributed by atoms with Gasteiger partial charge < -0.3 is 19.9 Å². The standard InChI is InChI=1S/C33H67NO4/c1-3-5-7-9-11-13-15-17-19-21-23-25-29-37-31-32(27-28-34-33(35)36)38-30-26-24-22-20-18-16-14-12-10-8-6-4-2/h32,34H,3-31H2,1-2H3,(H,35,36). The summed E-state index contributed by atoms with van der Waals surface area (Å²) in [5.41, 5.74) is 0. The minimum Gasteiger partial charge on any atom is -0.465 e. The van der Waals surface area contributed by atoms with Crippen LogP contribution in [0.3, 0.4) is 0 Å². The summed E-state index contributed by atoms with van der Waals surface area (Å²) in [4.78, 5) is 10.8. The second kappa shape index (κ2) is 32.4. The molecule has 2 N–H and O–H groups in total. The van der Waals surface area contributed by atoms with E-state index in [0.29, 0.717) is 19.6 Å². The van der Waals surface area contributed by atoms with Crippen molar-refractivity contribution in [2.45, 2.75) is 180 Å². The first kappa shape index (κ1) is 37.2. The smallest absolute Gasteiger partial charge is 0.404 e. The fourth-order valence-electron chi connectivity index (χ4n) is 5.01. The van der Waals surface area contributed by atoms with E-state index in [4.69, 9.17) is 14.6 Å². The zero-order valence-corrected chi connectivity index (χ0v) is 25.8. The van der Waals surface area contributed by atoms with Crippen molar-refractivity contribution in [2.24, 2.45) is 0 Å². The van der Waals surface area contributed by atoms with Crippen LogP contribution in [0.2, 0.25) is 0 Å². The Kier molecular flexibility index (Phi) is 31.7. The normalized spacial score (nSPS) is 12.2. The van der Waals surface area contributed by atoms with Crippen molar-refractivity contribution in [1.29, 1.82) is 0 Å². The number of ether oxygens (including phenoxy) is 2. The van der Waals surface area contributed by atoms with Gasteiger partial charge in [0.25, 0.3) is 0 Å². The minimum atomic E-state index is -0.970. The van der Waals surface area contributed by atoms with Gasteiger partial charge in [-0.25, -0.2) is 4.79 Å². The van der Waals surface area contributed by atoms with Crippen molar-refractivity contribution in [1.82, 2.24) is 5.32 Å². The third-order valence-electron chi connectivity index (χ3n) is 7.54. The second-order valence-electron chi connectivity index (χ2n) is 11.4. The highest BCUT2D eigenvalue weighted by Gasteiger charge is 2.10. The van der Waals surface area contributed by atoms with Gasteiger partial charge in [-0.1, -0.05) is 155 Å². The number of amides is 1. The summed E-state index contributed by atoms with van der Waals surface area (Å²) < 4.78 is 12.0. The average molecular weight is 542 g/mol. The molecule has 0 saturated carbocycles. The molecule has 0 bridgehead atoms. The highest BCUT2D eigenvalue weighted by molar-refractivity contribution is 5.64. The Labute approximate surface area is 237 Å². The van der Waals surface area contributed by atoms with Gasteiger partial charge in [-0.15, -0.1) is 0 Å². The van der Waals surface area contributed by atoms with Gasteiger partial charge in [-0.3, -0.25) is 0 Å². The van der Waals surface area contributed by atoms with Crippen molar-refractivity contribution in [2.75, 3.05) is 26.4 Å². The zero-order chi connectivity index (χ0) is 27.8. The average Bonchev–Trinajstić information content (AvgIpc) is 2.90.